The van der Waals surface area contributed by atoms with E-state index in [0.29, 0.717) is 11.1 Å². The highest BCUT2D eigenvalue weighted by molar-refractivity contribution is 5.94. The van der Waals surface area contributed by atoms with Gasteiger partial charge >= 0.3 is 12.1 Å². The molecule has 22 heavy (non-hydrogen) atoms. The fraction of sp³-hybridized carbons (Fsp3) is 0.357. The second kappa shape index (κ2) is 6.17. The lowest BCUT2D eigenvalue weighted by molar-refractivity contribution is -0.159. The highest BCUT2D eigenvalue weighted by Crippen LogP contribution is 2.29. The zero-order valence-corrected chi connectivity index (χ0v) is 11.9. The number of alkyl halides is 3. The molecular formula is C14H14F3N3O2. The summed E-state index contributed by atoms with van der Waals surface area (Å²) in [6, 6.07) is 5.97. The Bertz CT molecular complexity index is 650. The summed E-state index contributed by atoms with van der Waals surface area (Å²) in [4.78, 5) is 15.2. The third kappa shape index (κ3) is 3.63. The first-order chi connectivity index (χ1) is 10.3. The standard InChI is InChI=1S/C14H14F3N3O2/c1-3-8(2)18-12(21)10-6-4-9(5-7-10)11-19-13(22-20-11)14(15,16)17/h4-8H,3H2,1-2H3,(H,18,21). The summed E-state index contributed by atoms with van der Waals surface area (Å²) < 4.78 is 41.3. The van der Waals surface area contributed by atoms with E-state index in [1.807, 2.05) is 13.8 Å². The second-order valence-corrected chi connectivity index (χ2v) is 4.78. The van der Waals surface area contributed by atoms with E-state index in [1.165, 1.54) is 24.3 Å². The van der Waals surface area contributed by atoms with Crippen molar-refractivity contribution in [3.05, 3.63) is 35.7 Å². The highest BCUT2D eigenvalue weighted by atomic mass is 19.4. The van der Waals surface area contributed by atoms with Crippen LogP contribution in [-0.2, 0) is 6.18 Å². The van der Waals surface area contributed by atoms with Crippen LogP contribution in [0.15, 0.2) is 28.8 Å². The fourth-order valence-corrected chi connectivity index (χ4v) is 1.64. The van der Waals surface area contributed by atoms with Gasteiger partial charge in [-0.2, -0.15) is 18.2 Å². The minimum absolute atomic E-state index is 0.0405. The Morgan fingerprint density at radius 1 is 1.32 bits per heavy atom. The Hall–Kier alpha value is -2.38. The SMILES string of the molecule is CCC(C)NC(=O)c1ccc(-c2noc(C(F)(F)F)n2)cc1. The minimum Gasteiger partial charge on any atom is -0.350 e. The topological polar surface area (TPSA) is 68.0 Å². The van der Waals surface area contributed by atoms with Gasteiger partial charge in [0.1, 0.15) is 0 Å². The predicted octanol–water partition coefficient (Wildman–Crippen LogP) is 3.28. The van der Waals surface area contributed by atoms with Gasteiger partial charge in [-0.1, -0.05) is 24.2 Å². The average Bonchev–Trinajstić information content (AvgIpc) is 2.97. The number of aromatic nitrogens is 2. The lowest BCUT2D eigenvalue weighted by Crippen LogP contribution is -2.31. The first kappa shape index (κ1) is 16.0. The molecule has 0 bridgehead atoms. The summed E-state index contributed by atoms with van der Waals surface area (Å²) in [5, 5.41) is 6.07. The number of rotatable bonds is 4. The van der Waals surface area contributed by atoms with E-state index in [1.54, 1.807) is 0 Å². The first-order valence-electron chi connectivity index (χ1n) is 6.63. The van der Waals surface area contributed by atoms with Crippen LogP contribution in [0.1, 0.15) is 36.5 Å². The maximum atomic E-state index is 12.4. The maximum absolute atomic E-state index is 12.4. The molecule has 0 radical (unpaired) electrons. The van der Waals surface area contributed by atoms with Gasteiger partial charge in [0.2, 0.25) is 5.82 Å². The zero-order chi connectivity index (χ0) is 16.3. The first-order valence-corrected chi connectivity index (χ1v) is 6.63. The molecule has 1 aromatic heterocycles. The molecule has 118 valence electrons. The van der Waals surface area contributed by atoms with Crippen LogP contribution in [0, 0.1) is 0 Å². The summed E-state index contributed by atoms with van der Waals surface area (Å²) in [6.07, 6.45) is -3.88. The lowest BCUT2D eigenvalue weighted by atomic mass is 10.1. The number of carbonyl (C=O) groups is 1. The van der Waals surface area contributed by atoms with Gasteiger partial charge in [-0.25, -0.2) is 0 Å². The molecule has 0 saturated heterocycles. The summed E-state index contributed by atoms with van der Waals surface area (Å²) >= 11 is 0. The largest absolute Gasteiger partial charge is 0.471 e. The van der Waals surface area contributed by atoms with Crippen LogP contribution in [0.2, 0.25) is 0 Å². The highest BCUT2D eigenvalue weighted by Gasteiger charge is 2.38. The molecule has 5 nitrogen and oxygen atoms in total. The van der Waals surface area contributed by atoms with Gasteiger partial charge in [0.15, 0.2) is 0 Å². The number of amides is 1. The van der Waals surface area contributed by atoms with Crippen LogP contribution in [0.25, 0.3) is 11.4 Å². The molecule has 1 atom stereocenters. The van der Waals surface area contributed by atoms with Crippen molar-refractivity contribution in [2.75, 3.05) is 0 Å². The van der Waals surface area contributed by atoms with Gasteiger partial charge in [-0.15, -0.1) is 0 Å². The van der Waals surface area contributed by atoms with E-state index in [0.717, 1.165) is 6.42 Å². The van der Waals surface area contributed by atoms with Crippen molar-refractivity contribution in [2.45, 2.75) is 32.5 Å². The maximum Gasteiger partial charge on any atom is 0.471 e. The third-order valence-corrected chi connectivity index (χ3v) is 3.06. The van der Waals surface area contributed by atoms with E-state index in [-0.39, 0.29) is 17.8 Å². The summed E-state index contributed by atoms with van der Waals surface area (Å²) in [5.41, 5.74) is 0.739. The molecule has 1 unspecified atom stereocenters. The molecule has 1 N–H and O–H groups in total. The van der Waals surface area contributed by atoms with E-state index in [2.05, 4.69) is 20.0 Å². The van der Waals surface area contributed by atoms with E-state index in [9.17, 15) is 18.0 Å². The van der Waals surface area contributed by atoms with Crippen molar-refractivity contribution in [1.82, 2.24) is 15.5 Å². The van der Waals surface area contributed by atoms with Crippen molar-refractivity contribution < 1.29 is 22.5 Å². The van der Waals surface area contributed by atoms with E-state index in [4.69, 9.17) is 0 Å². The average molecular weight is 313 g/mol. The van der Waals surface area contributed by atoms with Crippen LogP contribution >= 0.6 is 0 Å². The Kier molecular flexibility index (Phi) is 4.48. The number of hydrogen-bond donors (Lipinski definition) is 1. The van der Waals surface area contributed by atoms with Crippen molar-refractivity contribution in [3.63, 3.8) is 0 Å². The predicted molar refractivity (Wildman–Crippen MR) is 72.0 cm³/mol. The van der Waals surface area contributed by atoms with Crippen LogP contribution in [0.3, 0.4) is 0 Å². The van der Waals surface area contributed by atoms with Crippen molar-refractivity contribution in [1.29, 1.82) is 0 Å². The summed E-state index contributed by atoms with van der Waals surface area (Å²) in [6.45, 7) is 3.83. The van der Waals surface area contributed by atoms with Gasteiger partial charge in [0.25, 0.3) is 5.91 Å². The summed E-state index contributed by atoms with van der Waals surface area (Å²) in [7, 11) is 0. The number of nitrogens with zero attached hydrogens (tertiary/aromatic N) is 2. The molecule has 1 aromatic carbocycles. The van der Waals surface area contributed by atoms with E-state index >= 15 is 0 Å². The van der Waals surface area contributed by atoms with Crippen molar-refractivity contribution in [3.8, 4) is 11.4 Å². The number of halogens is 3. The lowest BCUT2D eigenvalue weighted by Gasteiger charge is -2.11. The minimum atomic E-state index is -4.68. The quantitative estimate of drug-likeness (QED) is 0.940. The van der Waals surface area contributed by atoms with Crippen LogP contribution in [0.5, 0.6) is 0 Å². The molecule has 0 aliphatic carbocycles. The molecule has 0 spiro atoms. The summed E-state index contributed by atoms with van der Waals surface area (Å²) in [5.74, 6) is -1.83. The van der Waals surface area contributed by atoms with Gasteiger partial charge in [-0.3, -0.25) is 4.79 Å². The Morgan fingerprint density at radius 3 is 2.45 bits per heavy atom. The van der Waals surface area contributed by atoms with Crippen LogP contribution in [-0.4, -0.2) is 22.1 Å². The number of carbonyl (C=O) groups excluding carboxylic acids is 1. The third-order valence-electron chi connectivity index (χ3n) is 3.06. The number of benzene rings is 1. The van der Waals surface area contributed by atoms with Crippen molar-refractivity contribution in [2.24, 2.45) is 0 Å². The monoisotopic (exact) mass is 313 g/mol. The smallest absolute Gasteiger partial charge is 0.350 e. The Labute approximate surface area is 124 Å². The molecule has 1 heterocycles. The number of hydrogen-bond acceptors (Lipinski definition) is 4. The normalized spacial score (nSPS) is 13.0. The molecule has 2 aromatic rings. The molecule has 0 aliphatic rings. The molecular weight excluding hydrogens is 299 g/mol. The van der Waals surface area contributed by atoms with Gasteiger partial charge in [0, 0.05) is 17.2 Å². The fourth-order valence-electron chi connectivity index (χ4n) is 1.64. The molecule has 1 amide bonds. The molecule has 0 saturated carbocycles. The molecule has 8 heteroatoms. The second-order valence-electron chi connectivity index (χ2n) is 4.78. The van der Waals surface area contributed by atoms with Gasteiger partial charge < -0.3 is 9.84 Å². The molecule has 2 rings (SSSR count). The Morgan fingerprint density at radius 2 is 1.95 bits per heavy atom. The number of nitrogens with one attached hydrogen (secondary N) is 1. The van der Waals surface area contributed by atoms with Crippen molar-refractivity contribution >= 4 is 5.91 Å². The van der Waals surface area contributed by atoms with Gasteiger partial charge in [-0.05, 0) is 25.5 Å². The van der Waals surface area contributed by atoms with Gasteiger partial charge in [0.05, 0.1) is 0 Å². The molecule has 0 aliphatic heterocycles. The Balaban J connectivity index is 2.15. The van der Waals surface area contributed by atoms with E-state index < -0.39 is 12.1 Å². The molecule has 0 fully saturated rings. The van der Waals surface area contributed by atoms with Crippen LogP contribution in [0.4, 0.5) is 13.2 Å². The zero-order valence-electron chi connectivity index (χ0n) is 11.9. The van der Waals surface area contributed by atoms with Crippen LogP contribution < -0.4 is 5.32 Å².